The molecule has 1 heterocycles. The molecule has 1 aromatic carbocycles. The molecule has 30 heavy (non-hydrogen) atoms. The topological polar surface area (TPSA) is 112 Å². The molecule has 3 rings (SSSR count). The minimum Gasteiger partial charge on any atom is -0.349 e. The second-order valence-electron chi connectivity index (χ2n) is 7.43. The number of nitrogens with one attached hydrogen (secondary N) is 4. The summed E-state index contributed by atoms with van der Waals surface area (Å²) in [7, 11) is 0. The van der Waals surface area contributed by atoms with E-state index in [-0.39, 0.29) is 30.8 Å². The maximum atomic E-state index is 12.2. The lowest BCUT2D eigenvalue weighted by atomic mass is 10.1. The van der Waals surface area contributed by atoms with Gasteiger partial charge in [0.25, 0.3) is 5.91 Å². The molecule has 1 saturated carbocycles. The number of carbonyl (C=O) groups is 3. The molecular formula is C22H27N5O3. The summed E-state index contributed by atoms with van der Waals surface area (Å²) in [5, 5.41) is 11.0. The molecule has 0 spiro atoms. The van der Waals surface area contributed by atoms with Gasteiger partial charge in [0.05, 0.1) is 0 Å². The monoisotopic (exact) mass is 409 g/mol. The largest absolute Gasteiger partial charge is 0.349 e. The van der Waals surface area contributed by atoms with Crippen LogP contribution >= 0.6 is 0 Å². The van der Waals surface area contributed by atoms with Gasteiger partial charge >= 0.3 is 6.03 Å². The van der Waals surface area contributed by atoms with E-state index in [0.29, 0.717) is 17.1 Å². The fourth-order valence-corrected chi connectivity index (χ4v) is 3.26. The van der Waals surface area contributed by atoms with Gasteiger partial charge in [-0.2, -0.15) is 0 Å². The van der Waals surface area contributed by atoms with Gasteiger partial charge in [-0.25, -0.2) is 9.78 Å². The molecule has 0 aliphatic heterocycles. The molecule has 0 bridgehead atoms. The first-order valence-electron chi connectivity index (χ1n) is 10.2. The minimum absolute atomic E-state index is 0.0908. The second-order valence-corrected chi connectivity index (χ2v) is 7.43. The third kappa shape index (κ3) is 6.58. The van der Waals surface area contributed by atoms with E-state index in [1.54, 1.807) is 36.5 Å². The van der Waals surface area contributed by atoms with Crippen LogP contribution in [0, 0.1) is 6.92 Å². The van der Waals surface area contributed by atoms with Crippen LogP contribution in [0.1, 0.15) is 48.0 Å². The Morgan fingerprint density at radius 3 is 2.40 bits per heavy atom. The van der Waals surface area contributed by atoms with E-state index in [9.17, 15) is 14.4 Å². The Bertz CT molecular complexity index is 875. The molecule has 1 aliphatic carbocycles. The molecule has 0 unspecified atom stereocenters. The zero-order valence-electron chi connectivity index (χ0n) is 17.0. The Hall–Kier alpha value is -3.42. The van der Waals surface area contributed by atoms with Gasteiger partial charge in [-0.15, -0.1) is 0 Å². The number of aromatic nitrogens is 1. The molecule has 4 amide bonds. The van der Waals surface area contributed by atoms with Crippen LogP contribution in [-0.2, 0) is 4.79 Å². The third-order valence-electron chi connectivity index (χ3n) is 4.91. The number of nitrogens with zero attached hydrogens (tertiary/aromatic N) is 1. The van der Waals surface area contributed by atoms with Crippen molar-refractivity contribution in [2.75, 3.05) is 17.2 Å². The van der Waals surface area contributed by atoms with Crippen molar-refractivity contribution in [3.63, 3.8) is 0 Å². The van der Waals surface area contributed by atoms with Crippen LogP contribution in [0.2, 0.25) is 0 Å². The van der Waals surface area contributed by atoms with Crippen molar-refractivity contribution < 1.29 is 14.4 Å². The van der Waals surface area contributed by atoms with Crippen molar-refractivity contribution in [1.29, 1.82) is 0 Å². The van der Waals surface area contributed by atoms with Crippen LogP contribution in [0.3, 0.4) is 0 Å². The van der Waals surface area contributed by atoms with Crippen LogP contribution in [0.25, 0.3) is 0 Å². The maximum absolute atomic E-state index is 12.2. The van der Waals surface area contributed by atoms with E-state index in [1.165, 1.54) is 0 Å². The van der Waals surface area contributed by atoms with Gasteiger partial charge in [-0.05, 0) is 55.7 Å². The van der Waals surface area contributed by atoms with Crippen molar-refractivity contribution in [1.82, 2.24) is 15.6 Å². The summed E-state index contributed by atoms with van der Waals surface area (Å²) in [6, 6.07) is 10.2. The summed E-state index contributed by atoms with van der Waals surface area (Å²) in [6.07, 6.45) is 6.19. The normalized spacial score (nSPS) is 13.5. The summed E-state index contributed by atoms with van der Waals surface area (Å²) >= 11 is 0. The van der Waals surface area contributed by atoms with Gasteiger partial charge in [0.2, 0.25) is 5.91 Å². The smallest absolute Gasteiger partial charge is 0.319 e. The Kier molecular flexibility index (Phi) is 7.37. The summed E-state index contributed by atoms with van der Waals surface area (Å²) < 4.78 is 0. The van der Waals surface area contributed by atoms with E-state index >= 15 is 0 Å². The molecule has 8 nitrogen and oxygen atoms in total. The molecule has 1 aromatic heterocycles. The standard InChI is InChI=1S/C22H27N5O3/c1-15-6-11-19(24-14-15)27-20(28)12-13-23-22(30)26-18-9-7-16(8-10-18)21(29)25-17-4-2-3-5-17/h6-11,14,17H,2-5,12-13H2,1H3,(H,25,29)(H2,23,26,30)(H,24,27,28). The maximum Gasteiger partial charge on any atom is 0.319 e. The third-order valence-corrected chi connectivity index (χ3v) is 4.91. The highest BCUT2D eigenvalue weighted by molar-refractivity contribution is 5.96. The van der Waals surface area contributed by atoms with Crippen molar-refractivity contribution in [3.05, 3.63) is 53.7 Å². The predicted molar refractivity (Wildman–Crippen MR) is 115 cm³/mol. The lowest BCUT2D eigenvalue weighted by Gasteiger charge is -2.12. The first-order chi connectivity index (χ1) is 14.5. The predicted octanol–water partition coefficient (Wildman–Crippen LogP) is 3.21. The molecule has 8 heteroatoms. The average Bonchev–Trinajstić information content (AvgIpc) is 3.23. The van der Waals surface area contributed by atoms with Crippen LogP contribution in [0.15, 0.2) is 42.6 Å². The summed E-state index contributed by atoms with van der Waals surface area (Å²) in [5.41, 5.74) is 2.14. The highest BCUT2D eigenvalue weighted by Crippen LogP contribution is 2.18. The molecule has 1 fully saturated rings. The number of urea groups is 1. The van der Waals surface area contributed by atoms with E-state index in [0.717, 1.165) is 31.2 Å². The fourth-order valence-electron chi connectivity index (χ4n) is 3.26. The van der Waals surface area contributed by atoms with Crippen molar-refractivity contribution >= 4 is 29.4 Å². The molecule has 2 aromatic rings. The second kappa shape index (κ2) is 10.4. The Morgan fingerprint density at radius 2 is 1.73 bits per heavy atom. The average molecular weight is 409 g/mol. The number of anilines is 2. The molecule has 0 atom stereocenters. The highest BCUT2D eigenvalue weighted by Gasteiger charge is 2.17. The zero-order valence-corrected chi connectivity index (χ0v) is 17.0. The Morgan fingerprint density at radius 1 is 1.00 bits per heavy atom. The van der Waals surface area contributed by atoms with Crippen LogP contribution in [-0.4, -0.2) is 35.4 Å². The number of hydrogen-bond acceptors (Lipinski definition) is 4. The summed E-state index contributed by atoms with van der Waals surface area (Å²) in [4.78, 5) is 40.2. The van der Waals surface area contributed by atoms with Gasteiger partial charge in [0.1, 0.15) is 5.82 Å². The molecule has 158 valence electrons. The van der Waals surface area contributed by atoms with E-state index in [2.05, 4.69) is 26.3 Å². The van der Waals surface area contributed by atoms with Crippen LogP contribution in [0.4, 0.5) is 16.3 Å². The van der Waals surface area contributed by atoms with Crippen molar-refractivity contribution in [3.8, 4) is 0 Å². The summed E-state index contributed by atoms with van der Waals surface area (Å²) in [6.45, 7) is 2.10. The number of carbonyl (C=O) groups excluding carboxylic acids is 3. The molecule has 4 N–H and O–H groups in total. The molecular weight excluding hydrogens is 382 g/mol. The van der Waals surface area contributed by atoms with E-state index < -0.39 is 6.03 Å². The lowest BCUT2D eigenvalue weighted by molar-refractivity contribution is -0.116. The van der Waals surface area contributed by atoms with Gasteiger partial charge in [-0.1, -0.05) is 18.9 Å². The Labute approximate surface area is 175 Å². The lowest BCUT2D eigenvalue weighted by Crippen LogP contribution is -2.32. The number of amides is 4. The first kappa shape index (κ1) is 21.3. The number of rotatable bonds is 7. The van der Waals surface area contributed by atoms with Gasteiger partial charge in [0.15, 0.2) is 0 Å². The number of hydrogen-bond donors (Lipinski definition) is 4. The van der Waals surface area contributed by atoms with E-state index in [4.69, 9.17) is 0 Å². The summed E-state index contributed by atoms with van der Waals surface area (Å²) in [5.74, 6) is 0.156. The molecule has 1 aliphatic rings. The highest BCUT2D eigenvalue weighted by atomic mass is 16.2. The zero-order chi connectivity index (χ0) is 21.3. The molecule has 0 saturated heterocycles. The van der Waals surface area contributed by atoms with Crippen LogP contribution in [0.5, 0.6) is 0 Å². The fraction of sp³-hybridized carbons (Fsp3) is 0.364. The quantitative estimate of drug-likeness (QED) is 0.562. The van der Waals surface area contributed by atoms with Gasteiger partial charge < -0.3 is 21.3 Å². The first-order valence-corrected chi connectivity index (χ1v) is 10.2. The number of pyridine rings is 1. The molecule has 0 radical (unpaired) electrons. The van der Waals surface area contributed by atoms with Crippen molar-refractivity contribution in [2.45, 2.75) is 45.1 Å². The van der Waals surface area contributed by atoms with Gasteiger partial charge in [0, 0.05) is 36.5 Å². The number of benzene rings is 1. The Balaban J connectivity index is 1.37. The minimum atomic E-state index is -0.417. The SMILES string of the molecule is Cc1ccc(NC(=O)CCNC(=O)Nc2ccc(C(=O)NC3CCCC3)cc2)nc1. The van der Waals surface area contributed by atoms with Crippen molar-refractivity contribution in [2.24, 2.45) is 0 Å². The van der Waals surface area contributed by atoms with E-state index in [1.807, 2.05) is 13.0 Å². The number of aryl methyl sites for hydroxylation is 1. The van der Waals surface area contributed by atoms with Gasteiger partial charge in [-0.3, -0.25) is 9.59 Å². The van der Waals surface area contributed by atoms with Crippen LogP contribution < -0.4 is 21.3 Å².